The lowest BCUT2D eigenvalue weighted by molar-refractivity contribution is 0.222. The van der Waals surface area contributed by atoms with E-state index in [2.05, 4.69) is 14.9 Å². The van der Waals surface area contributed by atoms with Crippen molar-refractivity contribution in [3.63, 3.8) is 0 Å². The van der Waals surface area contributed by atoms with Gasteiger partial charge >= 0.3 is 0 Å². The van der Waals surface area contributed by atoms with Gasteiger partial charge in [0.25, 0.3) is 0 Å². The molecule has 134 valence electrons. The number of piperidine rings is 1. The van der Waals surface area contributed by atoms with Gasteiger partial charge in [-0.15, -0.1) is 0 Å². The number of ether oxygens (including phenoxy) is 2. The van der Waals surface area contributed by atoms with E-state index in [-0.39, 0.29) is 0 Å². The largest absolute Gasteiger partial charge is 0.497 e. The maximum absolute atomic E-state index is 5.94. The van der Waals surface area contributed by atoms with Crippen molar-refractivity contribution >= 4 is 11.6 Å². The molecule has 1 fully saturated rings. The molecule has 0 radical (unpaired) electrons. The van der Waals surface area contributed by atoms with Crippen LogP contribution in [0.25, 0.3) is 0 Å². The highest BCUT2D eigenvalue weighted by Crippen LogP contribution is 2.28. The Morgan fingerprint density at radius 3 is 2.32 bits per heavy atom. The van der Waals surface area contributed by atoms with E-state index in [1.54, 1.807) is 19.5 Å². The van der Waals surface area contributed by atoms with Crippen LogP contribution in [0.4, 0.5) is 11.6 Å². The van der Waals surface area contributed by atoms with E-state index in [0.29, 0.717) is 5.92 Å². The van der Waals surface area contributed by atoms with E-state index >= 15 is 0 Å². The van der Waals surface area contributed by atoms with Gasteiger partial charge in [-0.05, 0) is 43.0 Å². The Bertz CT molecular complexity index is 667. The molecule has 1 saturated heterocycles. The fourth-order valence-electron chi connectivity index (χ4n) is 3.06. The number of rotatable bonds is 6. The first-order valence-corrected chi connectivity index (χ1v) is 8.67. The van der Waals surface area contributed by atoms with Crippen molar-refractivity contribution in [1.82, 2.24) is 9.97 Å². The van der Waals surface area contributed by atoms with E-state index in [1.165, 1.54) is 0 Å². The quantitative estimate of drug-likeness (QED) is 0.805. The predicted molar refractivity (Wildman–Crippen MR) is 99.8 cm³/mol. The van der Waals surface area contributed by atoms with Crippen molar-refractivity contribution in [2.24, 2.45) is 5.92 Å². The summed E-state index contributed by atoms with van der Waals surface area (Å²) in [5, 5.41) is 0. The number of nitrogens with zero attached hydrogens (tertiary/aromatic N) is 4. The van der Waals surface area contributed by atoms with E-state index in [0.717, 1.165) is 55.7 Å². The fraction of sp³-hybridized carbons (Fsp3) is 0.474. The number of methoxy groups -OCH3 is 1. The van der Waals surface area contributed by atoms with Crippen LogP contribution in [0, 0.1) is 5.92 Å². The van der Waals surface area contributed by atoms with Crippen LogP contribution in [-0.4, -0.2) is 50.9 Å². The van der Waals surface area contributed by atoms with E-state index in [9.17, 15) is 0 Å². The van der Waals surface area contributed by atoms with E-state index in [1.807, 2.05) is 43.3 Å². The molecule has 1 aromatic carbocycles. The predicted octanol–water partition coefficient (Wildman–Crippen LogP) is 2.85. The molecule has 1 aliphatic heterocycles. The van der Waals surface area contributed by atoms with Gasteiger partial charge in [0.1, 0.15) is 11.5 Å². The van der Waals surface area contributed by atoms with Crippen LogP contribution in [0.5, 0.6) is 11.5 Å². The first-order chi connectivity index (χ1) is 12.2. The van der Waals surface area contributed by atoms with Gasteiger partial charge in [-0.3, -0.25) is 0 Å². The molecule has 1 aromatic heterocycles. The number of hydrogen-bond donors (Lipinski definition) is 0. The Morgan fingerprint density at radius 1 is 1.04 bits per heavy atom. The average Bonchev–Trinajstić information content (AvgIpc) is 2.67. The molecular weight excluding hydrogens is 316 g/mol. The van der Waals surface area contributed by atoms with Crippen LogP contribution >= 0.6 is 0 Å². The third kappa shape index (κ3) is 4.32. The van der Waals surface area contributed by atoms with Crippen LogP contribution in [0.3, 0.4) is 0 Å². The summed E-state index contributed by atoms with van der Waals surface area (Å²) in [5.41, 5.74) is 0. The van der Waals surface area contributed by atoms with Gasteiger partial charge in [0.05, 0.1) is 13.7 Å². The molecule has 0 aliphatic carbocycles. The zero-order valence-electron chi connectivity index (χ0n) is 15.2. The van der Waals surface area contributed by atoms with Gasteiger partial charge in [0.15, 0.2) is 11.6 Å². The summed E-state index contributed by atoms with van der Waals surface area (Å²) in [4.78, 5) is 13.3. The SMILES string of the molecule is COc1ccc(OCC2CCN(c3nccnc3N(C)C)CC2)cc1. The minimum absolute atomic E-state index is 0.567. The summed E-state index contributed by atoms with van der Waals surface area (Å²) in [6, 6.07) is 7.76. The Balaban J connectivity index is 1.52. The number of hydrogen-bond acceptors (Lipinski definition) is 6. The summed E-state index contributed by atoms with van der Waals surface area (Å²) < 4.78 is 11.1. The summed E-state index contributed by atoms with van der Waals surface area (Å²) in [6.07, 6.45) is 5.70. The van der Waals surface area contributed by atoms with Crippen molar-refractivity contribution in [2.45, 2.75) is 12.8 Å². The highest BCUT2D eigenvalue weighted by atomic mass is 16.5. The minimum atomic E-state index is 0.567. The topological polar surface area (TPSA) is 50.7 Å². The molecule has 0 N–H and O–H groups in total. The zero-order chi connectivity index (χ0) is 17.6. The normalized spacial score (nSPS) is 15.1. The van der Waals surface area contributed by atoms with Crippen LogP contribution in [0.15, 0.2) is 36.7 Å². The molecule has 6 nitrogen and oxygen atoms in total. The van der Waals surface area contributed by atoms with Gasteiger partial charge in [0, 0.05) is 39.6 Å². The average molecular weight is 342 g/mol. The first kappa shape index (κ1) is 17.3. The lowest BCUT2D eigenvalue weighted by Crippen LogP contribution is -2.37. The highest BCUT2D eigenvalue weighted by molar-refractivity contribution is 5.61. The summed E-state index contributed by atoms with van der Waals surface area (Å²) in [6.45, 7) is 2.72. The number of aromatic nitrogens is 2. The van der Waals surface area contributed by atoms with Gasteiger partial charge in [-0.25, -0.2) is 9.97 Å². The van der Waals surface area contributed by atoms with Crippen molar-refractivity contribution in [1.29, 1.82) is 0 Å². The Morgan fingerprint density at radius 2 is 1.68 bits per heavy atom. The summed E-state index contributed by atoms with van der Waals surface area (Å²) in [5.74, 6) is 4.21. The first-order valence-electron chi connectivity index (χ1n) is 8.67. The summed E-state index contributed by atoms with van der Waals surface area (Å²) >= 11 is 0. The highest BCUT2D eigenvalue weighted by Gasteiger charge is 2.23. The molecule has 0 amide bonds. The van der Waals surface area contributed by atoms with Gasteiger partial charge in [0.2, 0.25) is 0 Å². The molecule has 25 heavy (non-hydrogen) atoms. The van der Waals surface area contributed by atoms with Crippen LogP contribution in [0.1, 0.15) is 12.8 Å². The number of anilines is 2. The maximum atomic E-state index is 5.94. The fourth-order valence-corrected chi connectivity index (χ4v) is 3.06. The van der Waals surface area contributed by atoms with Crippen molar-refractivity contribution in [3.8, 4) is 11.5 Å². The van der Waals surface area contributed by atoms with Crippen molar-refractivity contribution in [2.75, 3.05) is 50.7 Å². The second-order valence-electron chi connectivity index (χ2n) is 6.51. The smallest absolute Gasteiger partial charge is 0.171 e. The van der Waals surface area contributed by atoms with E-state index in [4.69, 9.17) is 9.47 Å². The van der Waals surface area contributed by atoms with Gasteiger partial charge in [-0.2, -0.15) is 0 Å². The molecule has 3 rings (SSSR count). The maximum Gasteiger partial charge on any atom is 0.171 e. The lowest BCUT2D eigenvalue weighted by Gasteiger charge is -2.34. The minimum Gasteiger partial charge on any atom is -0.497 e. The molecule has 0 unspecified atom stereocenters. The molecule has 0 spiro atoms. The molecule has 0 saturated carbocycles. The second-order valence-corrected chi connectivity index (χ2v) is 6.51. The molecule has 6 heteroatoms. The Kier molecular flexibility index (Phi) is 5.58. The van der Waals surface area contributed by atoms with Crippen LogP contribution in [-0.2, 0) is 0 Å². The van der Waals surface area contributed by atoms with Crippen molar-refractivity contribution < 1.29 is 9.47 Å². The third-order valence-corrected chi connectivity index (χ3v) is 4.54. The van der Waals surface area contributed by atoms with E-state index < -0.39 is 0 Å². The molecule has 0 bridgehead atoms. The van der Waals surface area contributed by atoms with Crippen LogP contribution in [0.2, 0.25) is 0 Å². The van der Waals surface area contributed by atoms with Crippen LogP contribution < -0.4 is 19.3 Å². The third-order valence-electron chi connectivity index (χ3n) is 4.54. The molecule has 0 atom stereocenters. The molecular formula is C19H26N4O2. The Labute approximate surface area is 149 Å². The molecule has 2 aromatic rings. The summed E-state index contributed by atoms with van der Waals surface area (Å²) in [7, 11) is 5.67. The molecule has 2 heterocycles. The Hall–Kier alpha value is -2.50. The van der Waals surface area contributed by atoms with Crippen molar-refractivity contribution in [3.05, 3.63) is 36.7 Å². The second kappa shape index (κ2) is 8.05. The van der Waals surface area contributed by atoms with Gasteiger partial charge < -0.3 is 19.3 Å². The lowest BCUT2D eigenvalue weighted by atomic mass is 9.98. The standard InChI is InChI=1S/C19H26N4O2/c1-22(2)18-19(21-11-10-20-18)23-12-8-15(9-13-23)14-25-17-6-4-16(24-3)5-7-17/h4-7,10-11,15H,8-9,12-14H2,1-3H3. The number of benzene rings is 1. The monoisotopic (exact) mass is 342 g/mol. The van der Waals surface area contributed by atoms with Gasteiger partial charge in [-0.1, -0.05) is 0 Å². The molecule has 1 aliphatic rings. The zero-order valence-corrected chi connectivity index (χ0v) is 15.2.